The highest BCUT2D eigenvalue weighted by Gasteiger charge is 2.12. The number of carboxylic acids is 1. The fourth-order valence-corrected chi connectivity index (χ4v) is 2.25. The van der Waals surface area contributed by atoms with Crippen molar-refractivity contribution in [1.29, 1.82) is 0 Å². The topological polar surface area (TPSA) is 82.7 Å². The maximum absolute atomic E-state index is 10.2. The molecule has 0 spiro atoms. The molecule has 20 heavy (non-hydrogen) atoms. The Kier molecular flexibility index (Phi) is 6.70. The third kappa shape index (κ3) is 5.38. The van der Waals surface area contributed by atoms with Gasteiger partial charge >= 0.3 is 5.97 Å². The van der Waals surface area contributed by atoms with E-state index in [9.17, 15) is 15.0 Å². The minimum Gasteiger partial charge on any atom is -0.494 e. The molecular weight excluding hydrogens is 258 g/mol. The lowest BCUT2D eigenvalue weighted by Gasteiger charge is -2.15. The molecule has 0 radical (unpaired) electrons. The first-order chi connectivity index (χ1) is 9.52. The number of allylic oxidation sites excluding steroid dienone is 1. The Morgan fingerprint density at radius 2 is 1.80 bits per heavy atom. The van der Waals surface area contributed by atoms with Gasteiger partial charge < -0.3 is 15.3 Å². The van der Waals surface area contributed by atoms with Crippen molar-refractivity contribution in [2.45, 2.75) is 51.5 Å². The number of hydrogen-bond donors (Lipinski definition) is 3. The van der Waals surface area contributed by atoms with E-state index in [4.69, 9.17) is 5.11 Å². The minimum atomic E-state index is -0.898. The van der Waals surface area contributed by atoms with Crippen LogP contribution in [0.2, 0.25) is 0 Å². The Morgan fingerprint density at radius 1 is 1.20 bits per heavy atom. The standard InChI is InChI=1S/C15H23NO4/c1-12(16-13(17)10-11-14(16)18)8-6-4-2-3-5-7-9-15(19)20/h7,9-12,17-18H,2-6,8H2,1H3,(H,19,20). The predicted octanol–water partition coefficient (Wildman–Crippen LogP) is 3.44. The molecule has 0 fully saturated rings. The molecule has 1 aromatic rings. The van der Waals surface area contributed by atoms with Gasteiger partial charge in [0.15, 0.2) is 11.8 Å². The number of rotatable bonds is 9. The van der Waals surface area contributed by atoms with Crippen LogP contribution >= 0.6 is 0 Å². The number of nitrogens with zero attached hydrogens (tertiary/aromatic N) is 1. The first-order valence-corrected chi connectivity index (χ1v) is 7.01. The van der Waals surface area contributed by atoms with E-state index >= 15 is 0 Å². The Balaban J connectivity index is 2.14. The lowest BCUT2D eigenvalue weighted by Crippen LogP contribution is -2.03. The van der Waals surface area contributed by atoms with E-state index in [1.54, 1.807) is 6.08 Å². The third-order valence-electron chi connectivity index (χ3n) is 3.32. The SMILES string of the molecule is CC(CCCCCCC=CC(=O)O)n1c(O)ccc1O. The maximum atomic E-state index is 10.2. The molecular formula is C15H23NO4. The summed E-state index contributed by atoms with van der Waals surface area (Å²) < 4.78 is 1.52. The highest BCUT2D eigenvalue weighted by molar-refractivity contribution is 5.79. The molecule has 1 aromatic heterocycles. The smallest absolute Gasteiger partial charge is 0.327 e. The minimum absolute atomic E-state index is 0.0666. The van der Waals surface area contributed by atoms with E-state index in [2.05, 4.69) is 0 Å². The zero-order chi connectivity index (χ0) is 15.0. The molecule has 1 unspecified atom stereocenters. The Hall–Kier alpha value is -1.91. The summed E-state index contributed by atoms with van der Waals surface area (Å²) in [7, 11) is 0. The van der Waals surface area contributed by atoms with Gasteiger partial charge in [0.05, 0.1) is 0 Å². The summed E-state index contributed by atoms with van der Waals surface area (Å²) in [6, 6.07) is 3.04. The maximum Gasteiger partial charge on any atom is 0.327 e. The highest BCUT2D eigenvalue weighted by atomic mass is 16.4. The van der Waals surface area contributed by atoms with Gasteiger partial charge in [-0.1, -0.05) is 25.3 Å². The van der Waals surface area contributed by atoms with Gasteiger partial charge in [-0.3, -0.25) is 4.57 Å². The third-order valence-corrected chi connectivity index (χ3v) is 3.32. The second-order valence-electron chi connectivity index (χ2n) is 5.00. The number of aromatic nitrogens is 1. The largest absolute Gasteiger partial charge is 0.494 e. The van der Waals surface area contributed by atoms with E-state index in [-0.39, 0.29) is 17.8 Å². The average Bonchev–Trinajstić information content (AvgIpc) is 2.71. The molecule has 3 N–H and O–H groups in total. The summed E-state index contributed by atoms with van der Waals surface area (Å²) in [6.07, 6.45) is 8.66. The van der Waals surface area contributed by atoms with Gasteiger partial charge in [-0.2, -0.15) is 0 Å². The number of aliphatic carboxylic acids is 1. The van der Waals surface area contributed by atoms with Gasteiger partial charge in [-0.05, 0) is 26.2 Å². The number of carbonyl (C=O) groups is 1. The molecule has 1 atom stereocenters. The zero-order valence-corrected chi connectivity index (χ0v) is 11.8. The van der Waals surface area contributed by atoms with Crippen molar-refractivity contribution in [3.63, 3.8) is 0 Å². The number of hydrogen-bond acceptors (Lipinski definition) is 3. The molecule has 0 aromatic carbocycles. The van der Waals surface area contributed by atoms with Crippen LogP contribution in [0.4, 0.5) is 0 Å². The average molecular weight is 281 g/mol. The van der Waals surface area contributed by atoms with Crippen LogP contribution < -0.4 is 0 Å². The van der Waals surface area contributed by atoms with Crippen LogP contribution in [0.1, 0.15) is 51.5 Å². The van der Waals surface area contributed by atoms with Crippen molar-refractivity contribution >= 4 is 5.97 Å². The van der Waals surface area contributed by atoms with E-state index in [0.29, 0.717) is 0 Å². The molecule has 0 aliphatic heterocycles. The van der Waals surface area contributed by atoms with Crippen molar-refractivity contribution in [1.82, 2.24) is 4.57 Å². The van der Waals surface area contributed by atoms with Crippen LogP contribution in [0.3, 0.4) is 0 Å². The summed E-state index contributed by atoms with van der Waals surface area (Å²) in [5.41, 5.74) is 0. The Labute approximate surface area is 119 Å². The monoisotopic (exact) mass is 281 g/mol. The van der Waals surface area contributed by atoms with Crippen LogP contribution in [0.15, 0.2) is 24.3 Å². The van der Waals surface area contributed by atoms with Gasteiger partial charge in [0, 0.05) is 24.3 Å². The van der Waals surface area contributed by atoms with Gasteiger partial charge in [-0.25, -0.2) is 4.79 Å². The summed E-state index contributed by atoms with van der Waals surface area (Å²) >= 11 is 0. The number of unbranched alkanes of at least 4 members (excludes halogenated alkanes) is 4. The van der Waals surface area contributed by atoms with Crippen LogP contribution in [0, 0.1) is 0 Å². The van der Waals surface area contributed by atoms with Crippen LogP contribution in [0.5, 0.6) is 11.8 Å². The molecule has 1 rings (SSSR count). The quantitative estimate of drug-likeness (QED) is 0.478. The van der Waals surface area contributed by atoms with Crippen molar-refractivity contribution in [2.75, 3.05) is 0 Å². The van der Waals surface area contributed by atoms with Crippen LogP contribution in [-0.4, -0.2) is 25.9 Å². The molecule has 1 heterocycles. The second kappa shape index (κ2) is 8.30. The van der Waals surface area contributed by atoms with Crippen molar-refractivity contribution < 1.29 is 20.1 Å². The molecule has 5 nitrogen and oxygen atoms in total. The lowest BCUT2D eigenvalue weighted by molar-refractivity contribution is -0.131. The fourth-order valence-electron chi connectivity index (χ4n) is 2.25. The number of aromatic hydroxyl groups is 2. The highest BCUT2D eigenvalue weighted by Crippen LogP contribution is 2.29. The van der Waals surface area contributed by atoms with E-state index < -0.39 is 5.97 Å². The van der Waals surface area contributed by atoms with Crippen molar-refractivity contribution in [3.05, 3.63) is 24.3 Å². The van der Waals surface area contributed by atoms with E-state index in [0.717, 1.165) is 38.5 Å². The van der Waals surface area contributed by atoms with Crippen LogP contribution in [-0.2, 0) is 4.79 Å². The fraction of sp³-hybridized carbons (Fsp3) is 0.533. The zero-order valence-electron chi connectivity index (χ0n) is 11.8. The molecule has 0 saturated carbocycles. The molecule has 0 aliphatic carbocycles. The number of carboxylic acid groups (broad SMARTS) is 1. The Bertz CT molecular complexity index is 431. The van der Waals surface area contributed by atoms with Gasteiger partial charge in [-0.15, -0.1) is 0 Å². The summed E-state index contributed by atoms with van der Waals surface area (Å²) in [4.78, 5) is 10.2. The van der Waals surface area contributed by atoms with Crippen LogP contribution in [0.25, 0.3) is 0 Å². The predicted molar refractivity (Wildman–Crippen MR) is 77.0 cm³/mol. The Morgan fingerprint density at radius 3 is 2.40 bits per heavy atom. The van der Waals surface area contributed by atoms with Gasteiger partial charge in [0.2, 0.25) is 0 Å². The van der Waals surface area contributed by atoms with Crippen molar-refractivity contribution in [3.8, 4) is 11.8 Å². The summed E-state index contributed by atoms with van der Waals surface area (Å²) in [5, 5.41) is 27.6. The van der Waals surface area contributed by atoms with Crippen molar-refractivity contribution in [2.24, 2.45) is 0 Å². The molecule has 5 heteroatoms. The summed E-state index contributed by atoms with van der Waals surface area (Å²) in [5.74, 6) is -0.715. The van der Waals surface area contributed by atoms with Gasteiger partial charge in [0.1, 0.15) is 0 Å². The van der Waals surface area contributed by atoms with E-state index in [1.165, 1.54) is 22.8 Å². The first kappa shape index (κ1) is 16.1. The first-order valence-electron chi connectivity index (χ1n) is 7.01. The van der Waals surface area contributed by atoms with Gasteiger partial charge in [0.25, 0.3) is 0 Å². The second-order valence-corrected chi connectivity index (χ2v) is 5.00. The molecule has 112 valence electrons. The lowest BCUT2D eigenvalue weighted by atomic mass is 10.1. The molecule has 0 aliphatic rings. The normalized spacial score (nSPS) is 12.8. The molecule has 0 amide bonds. The van der Waals surface area contributed by atoms with E-state index in [1.807, 2.05) is 6.92 Å². The molecule has 0 saturated heterocycles. The summed E-state index contributed by atoms with van der Waals surface area (Å²) in [6.45, 7) is 1.97. The molecule has 0 bridgehead atoms.